The fraction of sp³-hybridized carbons (Fsp3) is 0.250. The van der Waals surface area contributed by atoms with E-state index >= 15 is 0 Å². The number of benzene rings is 1. The van der Waals surface area contributed by atoms with Gasteiger partial charge >= 0.3 is 0 Å². The first-order valence-corrected chi connectivity index (χ1v) is 7.11. The van der Waals surface area contributed by atoms with Gasteiger partial charge in [0.15, 0.2) is 6.49 Å². The average molecular weight is 223 g/mol. The summed E-state index contributed by atoms with van der Waals surface area (Å²) in [7, 11) is 0. The van der Waals surface area contributed by atoms with E-state index in [2.05, 4.69) is 0 Å². The van der Waals surface area contributed by atoms with Crippen LogP contribution in [0.4, 0.5) is 0 Å². The first-order valence-electron chi connectivity index (χ1n) is 3.48. The quantitative estimate of drug-likeness (QED) is 0.692. The molecule has 1 atom stereocenters. The predicted octanol–water partition coefficient (Wildman–Crippen LogP) is 3.99. The van der Waals surface area contributed by atoms with Crippen LogP contribution in [0.5, 0.6) is 0 Å². The van der Waals surface area contributed by atoms with Crippen LogP contribution in [0.2, 0.25) is 5.02 Å². The molecule has 0 N–H and O–H groups in total. The molecule has 0 aliphatic rings. The molecule has 0 aliphatic heterocycles. The summed E-state index contributed by atoms with van der Waals surface area (Å²) in [6.45, 7) is -0.987. The van der Waals surface area contributed by atoms with Crippen LogP contribution >= 0.6 is 29.3 Å². The third kappa shape index (κ3) is 3.18. The second-order valence-corrected chi connectivity index (χ2v) is 7.57. The Bertz CT molecular complexity index is 319. The van der Waals surface area contributed by atoms with Gasteiger partial charge in [0.05, 0.1) is 0 Å². The first-order chi connectivity index (χ1) is 5.49. The summed E-state index contributed by atoms with van der Waals surface area (Å²) in [6.07, 6.45) is 0.355. The molecular weight excluding hydrogens is 214 g/mol. The second kappa shape index (κ2) is 3.83. The van der Waals surface area contributed by atoms with Gasteiger partial charge < -0.3 is 4.57 Å². The molecule has 4 heteroatoms. The maximum atomic E-state index is 11.2. The van der Waals surface area contributed by atoms with Gasteiger partial charge in [-0.2, -0.15) is 0 Å². The zero-order valence-corrected chi connectivity index (χ0v) is 9.03. The van der Waals surface area contributed by atoms with Crippen LogP contribution in [-0.4, -0.2) is 6.66 Å². The molecule has 0 unspecified atom stereocenters. The lowest BCUT2D eigenvalue weighted by molar-refractivity contribution is 0.587. The molecule has 12 heavy (non-hydrogen) atoms. The maximum absolute atomic E-state index is 11.2. The van der Waals surface area contributed by atoms with Gasteiger partial charge in [-0.3, -0.25) is 0 Å². The Morgan fingerprint density at radius 3 is 2.50 bits per heavy atom. The van der Waals surface area contributed by atoms with Gasteiger partial charge in [0, 0.05) is 17.8 Å². The van der Waals surface area contributed by atoms with E-state index in [1.807, 2.05) is 18.2 Å². The Morgan fingerprint density at radius 1 is 1.42 bits per heavy atom. The number of hydrogen-bond donors (Lipinski definition) is 0. The van der Waals surface area contributed by atoms with Crippen molar-refractivity contribution in [3.63, 3.8) is 0 Å². The summed E-state index contributed by atoms with van der Waals surface area (Å²) in [6, 6.07) is 7.29. The minimum absolute atomic E-state index is 0.355. The van der Waals surface area contributed by atoms with Gasteiger partial charge in [-0.05, 0) is 11.6 Å². The van der Waals surface area contributed by atoms with E-state index in [1.165, 1.54) is 6.66 Å². The minimum atomic E-state index is -2.53. The van der Waals surface area contributed by atoms with E-state index in [0.29, 0.717) is 11.2 Å². The zero-order valence-electron chi connectivity index (χ0n) is 6.63. The van der Waals surface area contributed by atoms with E-state index in [1.54, 1.807) is 6.07 Å². The van der Waals surface area contributed by atoms with Gasteiger partial charge in [-0.1, -0.05) is 41.0 Å². The summed E-state index contributed by atoms with van der Waals surface area (Å²) >= 11 is 11.5. The molecule has 0 bridgehead atoms. The van der Waals surface area contributed by atoms with Crippen LogP contribution in [0.1, 0.15) is 5.56 Å². The molecule has 1 aromatic rings. The molecule has 0 aliphatic carbocycles. The van der Waals surface area contributed by atoms with Crippen LogP contribution < -0.4 is 0 Å². The Kier molecular flexibility index (Phi) is 3.22. The average Bonchev–Trinajstić information content (AvgIpc) is 1.91. The van der Waals surface area contributed by atoms with Crippen molar-refractivity contribution in [1.82, 2.24) is 0 Å². The van der Waals surface area contributed by atoms with Crippen LogP contribution in [0.15, 0.2) is 24.3 Å². The van der Waals surface area contributed by atoms with E-state index in [-0.39, 0.29) is 0 Å². The molecule has 0 amide bonds. The topological polar surface area (TPSA) is 17.1 Å². The number of halogens is 2. The highest BCUT2D eigenvalue weighted by molar-refractivity contribution is 7.87. The van der Waals surface area contributed by atoms with Crippen molar-refractivity contribution in [3.05, 3.63) is 34.9 Å². The minimum Gasteiger partial charge on any atom is -0.307 e. The van der Waals surface area contributed by atoms with Crippen molar-refractivity contribution in [3.8, 4) is 0 Å². The third-order valence-corrected chi connectivity index (χ3v) is 3.04. The molecule has 0 radical (unpaired) electrons. The van der Waals surface area contributed by atoms with Crippen LogP contribution in [0, 0.1) is 0 Å². The lowest BCUT2D eigenvalue weighted by Crippen LogP contribution is -1.83. The monoisotopic (exact) mass is 222 g/mol. The Labute approximate surface area is 81.8 Å². The molecular formula is C8H9Cl2OP. The van der Waals surface area contributed by atoms with Gasteiger partial charge in [0.2, 0.25) is 0 Å². The molecule has 0 fully saturated rings. The largest absolute Gasteiger partial charge is 0.307 e. The van der Waals surface area contributed by atoms with Crippen LogP contribution in [-0.2, 0) is 10.7 Å². The van der Waals surface area contributed by atoms with Crippen molar-refractivity contribution in [2.45, 2.75) is 6.16 Å². The smallest absolute Gasteiger partial charge is 0.170 e. The number of hydrogen-bond acceptors (Lipinski definition) is 1. The highest BCUT2D eigenvalue weighted by atomic mass is 35.7. The predicted molar refractivity (Wildman–Crippen MR) is 54.5 cm³/mol. The van der Waals surface area contributed by atoms with Gasteiger partial charge in [-0.25, -0.2) is 0 Å². The molecule has 1 rings (SSSR count). The van der Waals surface area contributed by atoms with Crippen molar-refractivity contribution in [2.75, 3.05) is 6.66 Å². The summed E-state index contributed by atoms with van der Waals surface area (Å²) in [5.74, 6) is 0. The van der Waals surface area contributed by atoms with E-state index in [4.69, 9.17) is 22.8 Å². The fourth-order valence-electron chi connectivity index (χ4n) is 0.931. The summed E-state index contributed by atoms with van der Waals surface area (Å²) in [5, 5.41) is 0.625. The molecule has 66 valence electrons. The lowest BCUT2D eigenvalue weighted by Gasteiger charge is -2.05. The van der Waals surface area contributed by atoms with Gasteiger partial charge in [0.1, 0.15) is 0 Å². The van der Waals surface area contributed by atoms with Crippen molar-refractivity contribution in [1.29, 1.82) is 0 Å². The van der Waals surface area contributed by atoms with Crippen molar-refractivity contribution >= 4 is 29.3 Å². The molecule has 1 nitrogen and oxygen atoms in total. The molecule has 0 spiro atoms. The van der Waals surface area contributed by atoms with Crippen LogP contribution in [0.25, 0.3) is 0 Å². The van der Waals surface area contributed by atoms with E-state index in [0.717, 1.165) is 5.56 Å². The summed E-state index contributed by atoms with van der Waals surface area (Å²) in [4.78, 5) is 0. The fourth-order valence-corrected chi connectivity index (χ4v) is 2.50. The maximum Gasteiger partial charge on any atom is 0.170 e. The molecule has 1 aromatic carbocycles. The van der Waals surface area contributed by atoms with Gasteiger partial charge in [0.25, 0.3) is 0 Å². The lowest BCUT2D eigenvalue weighted by atomic mass is 10.2. The van der Waals surface area contributed by atoms with E-state index in [9.17, 15) is 4.57 Å². The molecule has 0 heterocycles. The summed E-state index contributed by atoms with van der Waals surface area (Å²) < 4.78 is 11.2. The normalized spacial score (nSPS) is 15.6. The zero-order chi connectivity index (χ0) is 9.19. The Balaban J connectivity index is 2.90. The molecule has 0 saturated carbocycles. The SMILES string of the molecule is C[P@](=O)(Cl)Cc1ccccc1Cl. The molecule has 0 saturated heterocycles. The number of rotatable bonds is 2. The third-order valence-electron chi connectivity index (χ3n) is 1.41. The van der Waals surface area contributed by atoms with Crippen LogP contribution in [0.3, 0.4) is 0 Å². The van der Waals surface area contributed by atoms with E-state index < -0.39 is 6.49 Å². The highest BCUT2D eigenvalue weighted by Gasteiger charge is 2.12. The Hall–Kier alpha value is 0.0300. The summed E-state index contributed by atoms with van der Waals surface area (Å²) in [5.41, 5.74) is 0.847. The Morgan fingerprint density at radius 2 is 2.00 bits per heavy atom. The standard InChI is InChI=1S/C8H9Cl2OP/c1-12(10,11)6-7-4-2-3-5-8(7)9/h2-5H,6H2,1H3/t12-/m1/s1. The van der Waals surface area contributed by atoms with Crippen molar-refractivity contribution in [2.24, 2.45) is 0 Å². The second-order valence-electron chi connectivity index (χ2n) is 2.73. The first kappa shape index (κ1) is 10.1. The molecule has 0 aromatic heterocycles. The van der Waals surface area contributed by atoms with Gasteiger partial charge in [-0.15, -0.1) is 0 Å². The highest BCUT2D eigenvalue weighted by Crippen LogP contribution is 2.50. The van der Waals surface area contributed by atoms with Crippen molar-refractivity contribution < 1.29 is 4.57 Å².